The molecule has 0 aliphatic carbocycles. The molecule has 0 spiro atoms. The maximum Gasteiger partial charge on any atom is 0.228 e. The Labute approximate surface area is 164 Å². The largest absolute Gasteiger partial charge is 0.497 e. The van der Waals surface area contributed by atoms with Crippen LogP contribution in [0.25, 0.3) is 0 Å². The molecule has 0 saturated carbocycles. The molecular weight excluding hydrogens is 356 g/mol. The molecule has 1 unspecified atom stereocenters. The van der Waals surface area contributed by atoms with Crippen LogP contribution >= 0.6 is 0 Å². The molecule has 2 aliphatic heterocycles. The Balaban J connectivity index is 1.36. The molecule has 7 nitrogen and oxygen atoms in total. The van der Waals surface area contributed by atoms with Crippen molar-refractivity contribution in [2.24, 2.45) is 5.92 Å². The number of anilines is 2. The standard InChI is InChI=1S/C21H24N4O3/c1-28-18-7-5-17(6-8-18)25-15-16(14-20(25)26)21(27)24-12-10-23(11-13-24)19-4-2-3-9-22-19/h2-9,16H,10-15H2,1H3. The first-order chi connectivity index (χ1) is 13.7. The number of ether oxygens (including phenoxy) is 1. The molecule has 1 atom stereocenters. The normalized spacial score (nSPS) is 19.8. The highest BCUT2D eigenvalue weighted by molar-refractivity contribution is 6.00. The number of pyridine rings is 1. The van der Waals surface area contributed by atoms with Crippen molar-refractivity contribution < 1.29 is 14.3 Å². The predicted octanol–water partition coefficient (Wildman–Crippen LogP) is 1.79. The second-order valence-corrected chi connectivity index (χ2v) is 7.10. The molecule has 146 valence electrons. The second kappa shape index (κ2) is 7.88. The Kier molecular flexibility index (Phi) is 5.14. The van der Waals surface area contributed by atoms with E-state index in [9.17, 15) is 9.59 Å². The number of hydrogen-bond donors (Lipinski definition) is 0. The Hall–Kier alpha value is -3.09. The first-order valence-electron chi connectivity index (χ1n) is 9.55. The second-order valence-electron chi connectivity index (χ2n) is 7.10. The average molecular weight is 380 g/mol. The zero-order chi connectivity index (χ0) is 19.5. The fourth-order valence-corrected chi connectivity index (χ4v) is 3.84. The van der Waals surface area contributed by atoms with Gasteiger partial charge in [-0.15, -0.1) is 0 Å². The topological polar surface area (TPSA) is 66.0 Å². The Morgan fingerprint density at radius 2 is 1.82 bits per heavy atom. The zero-order valence-corrected chi connectivity index (χ0v) is 16.0. The van der Waals surface area contributed by atoms with Crippen LogP contribution in [0, 0.1) is 5.92 Å². The van der Waals surface area contributed by atoms with Gasteiger partial charge in [-0.3, -0.25) is 9.59 Å². The summed E-state index contributed by atoms with van der Waals surface area (Å²) in [6.07, 6.45) is 2.05. The van der Waals surface area contributed by atoms with Gasteiger partial charge in [0.05, 0.1) is 13.0 Å². The molecule has 2 aromatic rings. The van der Waals surface area contributed by atoms with Crippen LogP contribution in [-0.2, 0) is 9.59 Å². The molecule has 0 bridgehead atoms. The van der Waals surface area contributed by atoms with Crippen molar-refractivity contribution in [3.05, 3.63) is 48.7 Å². The van der Waals surface area contributed by atoms with Crippen LogP contribution in [0.3, 0.4) is 0 Å². The van der Waals surface area contributed by atoms with Gasteiger partial charge < -0.3 is 19.4 Å². The number of carbonyl (C=O) groups excluding carboxylic acids is 2. The van der Waals surface area contributed by atoms with E-state index < -0.39 is 0 Å². The van der Waals surface area contributed by atoms with Crippen LogP contribution in [0.2, 0.25) is 0 Å². The third-order valence-electron chi connectivity index (χ3n) is 5.42. The van der Waals surface area contributed by atoms with Gasteiger partial charge in [0.2, 0.25) is 11.8 Å². The minimum Gasteiger partial charge on any atom is -0.497 e. The minimum absolute atomic E-state index is 0.00404. The summed E-state index contributed by atoms with van der Waals surface area (Å²) < 4.78 is 5.17. The number of aromatic nitrogens is 1. The van der Waals surface area contributed by atoms with Crippen LogP contribution in [0.5, 0.6) is 5.75 Å². The summed E-state index contributed by atoms with van der Waals surface area (Å²) >= 11 is 0. The first-order valence-corrected chi connectivity index (χ1v) is 9.55. The number of hydrogen-bond acceptors (Lipinski definition) is 5. The van der Waals surface area contributed by atoms with Crippen molar-refractivity contribution in [3.8, 4) is 5.75 Å². The van der Waals surface area contributed by atoms with E-state index in [0.717, 1.165) is 30.3 Å². The van der Waals surface area contributed by atoms with Gasteiger partial charge >= 0.3 is 0 Å². The summed E-state index contributed by atoms with van der Waals surface area (Å²) in [5.74, 6) is 1.47. The predicted molar refractivity (Wildman–Crippen MR) is 106 cm³/mol. The summed E-state index contributed by atoms with van der Waals surface area (Å²) in [5.41, 5.74) is 0.807. The minimum atomic E-state index is -0.281. The van der Waals surface area contributed by atoms with E-state index in [4.69, 9.17) is 4.74 Å². The number of nitrogens with zero attached hydrogens (tertiary/aromatic N) is 4. The molecule has 1 aromatic carbocycles. The monoisotopic (exact) mass is 380 g/mol. The molecule has 3 heterocycles. The van der Waals surface area contributed by atoms with Crippen LogP contribution < -0.4 is 14.5 Å². The third-order valence-corrected chi connectivity index (χ3v) is 5.42. The highest BCUT2D eigenvalue weighted by Gasteiger charge is 2.38. The number of piperazine rings is 1. The maximum absolute atomic E-state index is 13.0. The summed E-state index contributed by atoms with van der Waals surface area (Å²) in [7, 11) is 1.61. The van der Waals surface area contributed by atoms with E-state index in [1.54, 1.807) is 18.2 Å². The number of benzene rings is 1. The molecule has 4 rings (SSSR count). The summed E-state index contributed by atoms with van der Waals surface area (Å²) in [6.45, 7) is 3.26. The lowest BCUT2D eigenvalue weighted by Crippen LogP contribution is -2.51. The van der Waals surface area contributed by atoms with Gasteiger partial charge in [-0.2, -0.15) is 0 Å². The molecule has 2 amide bonds. The molecule has 2 saturated heterocycles. The van der Waals surface area contributed by atoms with Gasteiger partial charge in [-0.1, -0.05) is 6.07 Å². The van der Waals surface area contributed by atoms with Gasteiger partial charge in [-0.25, -0.2) is 4.98 Å². The summed E-state index contributed by atoms with van der Waals surface area (Å²) in [5, 5.41) is 0. The lowest BCUT2D eigenvalue weighted by atomic mass is 10.1. The Morgan fingerprint density at radius 3 is 2.46 bits per heavy atom. The lowest BCUT2D eigenvalue weighted by molar-refractivity contribution is -0.136. The van der Waals surface area contributed by atoms with Gasteiger partial charge in [0.25, 0.3) is 0 Å². The van der Waals surface area contributed by atoms with Gasteiger partial charge in [-0.05, 0) is 36.4 Å². The van der Waals surface area contributed by atoms with Gasteiger partial charge in [0, 0.05) is 51.0 Å². The highest BCUT2D eigenvalue weighted by atomic mass is 16.5. The highest BCUT2D eigenvalue weighted by Crippen LogP contribution is 2.28. The van der Waals surface area contributed by atoms with E-state index >= 15 is 0 Å². The third kappa shape index (κ3) is 3.65. The zero-order valence-electron chi connectivity index (χ0n) is 16.0. The summed E-state index contributed by atoms with van der Waals surface area (Å²) in [6, 6.07) is 13.2. The van der Waals surface area contributed by atoms with Gasteiger partial charge in [0.1, 0.15) is 11.6 Å². The molecule has 28 heavy (non-hydrogen) atoms. The Bertz CT molecular complexity index is 832. The van der Waals surface area contributed by atoms with E-state index in [1.807, 2.05) is 47.4 Å². The maximum atomic E-state index is 13.0. The molecular formula is C21H24N4O3. The van der Waals surface area contributed by atoms with E-state index in [2.05, 4.69) is 9.88 Å². The number of carbonyl (C=O) groups is 2. The molecule has 2 aliphatic rings. The van der Waals surface area contributed by atoms with Crippen molar-refractivity contribution in [2.75, 3.05) is 49.6 Å². The fraction of sp³-hybridized carbons (Fsp3) is 0.381. The quantitative estimate of drug-likeness (QED) is 0.809. The van der Waals surface area contributed by atoms with Crippen molar-refractivity contribution in [1.82, 2.24) is 9.88 Å². The van der Waals surface area contributed by atoms with Crippen LogP contribution in [-0.4, -0.2) is 61.5 Å². The van der Waals surface area contributed by atoms with Crippen molar-refractivity contribution in [3.63, 3.8) is 0 Å². The van der Waals surface area contributed by atoms with Crippen molar-refractivity contribution in [2.45, 2.75) is 6.42 Å². The molecule has 0 radical (unpaired) electrons. The average Bonchev–Trinajstić information content (AvgIpc) is 3.15. The van der Waals surface area contributed by atoms with E-state index in [0.29, 0.717) is 19.6 Å². The number of amides is 2. The van der Waals surface area contributed by atoms with Gasteiger partial charge in [0.15, 0.2) is 0 Å². The molecule has 1 aromatic heterocycles. The molecule has 7 heteroatoms. The van der Waals surface area contributed by atoms with Crippen LogP contribution in [0.1, 0.15) is 6.42 Å². The Morgan fingerprint density at radius 1 is 1.07 bits per heavy atom. The molecule has 0 N–H and O–H groups in total. The number of rotatable bonds is 4. The first kappa shape index (κ1) is 18.3. The fourth-order valence-electron chi connectivity index (χ4n) is 3.84. The smallest absolute Gasteiger partial charge is 0.228 e. The van der Waals surface area contributed by atoms with Crippen molar-refractivity contribution in [1.29, 1.82) is 0 Å². The molecule has 2 fully saturated rings. The number of methoxy groups -OCH3 is 1. The van der Waals surface area contributed by atoms with Crippen LogP contribution in [0.4, 0.5) is 11.5 Å². The van der Waals surface area contributed by atoms with Crippen LogP contribution in [0.15, 0.2) is 48.7 Å². The lowest BCUT2D eigenvalue weighted by Gasteiger charge is -2.36. The van der Waals surface area contributed by atoms with Crippen molar-refractivity contribution >= 4 is 23.3 Å². The SMILES string of the molecule is COc1ccc(N2CC(C(=O)N3CCN(c4ccccn4)CC3)CC2=O)cc1. The van der Waals surface area contributed by atoms with E-state index in [1.165, 1.54) is 0 Å². The van der Waals surface area contributed by atoms with E-state index in [-0.39, 0.29) is 24.2 Å². The summed E-state index contributed by atoms with van der Waals surface area (Å²) in [4.78, 5) is 35.6.